The second kappa shape index (κ2) is 4.66. The van der Waals surface area contributed by atoms with Crippen LogP contribution in [0.1, 0.15) is 35.6 Å². The zero-order valence-electron chi connectivity index (χ0n) is 9.13. The highest BCUT2D eigenvalue weighted by atomic mass is 19.4. The topological polar surface area (TPSA) is 29.5 Å². The van der Waals surface area contributed by atoms with E-state index >= 15 is 0 Å². The van der Waals surface area contributed by atoms with E-state index in [2.05, 4.69) is 0 Å². The third-order valence-electron chi connectivity index (χ3n) is 2.83. The minimum Gasteiger partial charge on any atom is -0.388 e. The van der Waals surface area contributed by atoms with E-state index < -0.39 is 18.7 Å². The van der Waals surface area contributed by atoms with Crippen molar-refractivity contribution in [3.05, 3.63) is 34.9 Å². The fourth-order valence-corrected chi connectivity index (χ4v) is 1.87. The van der Waals surface area contributed by atoms with Crippen molar-refractivity contribution in [2.75, 3.05) is 0 Å². The number of benzene rings is 1. The summed E-state index contributed by atoms with van der Waals surface area (Å²) in [5.41, 5.74) is 2.52. The molecule has 17 heavy (non-hydrogen) atoms. The highest BCUT2D eigenvalue weighted by Crippen LogP contribution is 2.29. The van der Waals surface area contributed by atoms with E-state index in [1.165, 1.54) is 0 Å². The number of fused-ring (bicyclic) bond motifs is 1. The molecule has 1 heterocycles. The lowest BCUT2D eigenvalue weighted by Gasteiger charge is -2.13. The molecule has 0 fully saturated rings. The first kappa shape index (κ1) is 12.4. The maximum absolute atomic E-state index is 12.0. The maximum Gasteiger partial charge on any atom is 0.389 e. The zero-order valence-corrected chi connectivity index (χ0v) is 9.13. The predicted molar refractivity (Wildman–Crippen MR) is 55.2 cm³/mol. The molecule has 0 amide bonds. The summed E-state index contributed by atoms with van der Waals surface area (Å²) in [6.45, 7) is 1.00. The Morgan fingerprint density at radius 2 is 1.94 bits per heavy atom. The zero-order chi connectivity index (χ0) is 12.5. The quantitative estimate of drug-likeness (QED) is 0.888. The molecule has 0 aliphatic carbocycles. The number of aliphatic hydroxyl groups excluding tert-OH is 1. The average molecular weight is 246 g/mol. The lowest BCUT2D eigenvalue weighted by molar-refractivity contribution is -0.140. The van der Waals surface area contributed by atoms with Gasteiger partial charge in [-0.05, 0) is 23.1 Å². The molecule has 1 aliphatic heterocycles. The summed E-state index contributed by atoms with van der Waals surface area (Å²) in [4.78, 5) is 0. The number of halogens is 3. The van der Waals surface area contributed by atoms with Gasteiger partial charge in [-0.15, -0.1) is 0 Å². The van der Waals surface area contributed by atoms with E-state index in [4.69, 9.17) is 4.74 Å². The molecular weight excluding hydrogens is 233 g/mol. The van der Waals surface area contributed by atoms with Gasteiger partial charge < -0.3 is 9.84 Å². The Morgan fingerprint density at radius 3 is 2.65 bits per heavy atom. The van der Waals surface area contributed by atoms with Crippen LogP contribution >= 0.6 is 0 Å². The summed E-state index contributed by atoms with van der Waals surface area (Å²) in [5.74, 6) is 0. The predicted octanol–water partition coefficient (Wildman–Crippen LogP) is 3.09. The van der Waals surface area contributed by atoms with Crippen LogP contribution in [0.4, 0.5) is 13.2 Å². The van der Waals surface area contributed by atoms with Crippen LogP contribution in [0.3, 0.4) is 0 Å². The summed E-state index contributed by atoms with van der Waals surface area (Å²) >= 11 is 0. The van der Waals surface area contributed by atoms with Crippen LogP contribution in [0.5, 0.6) is 0 Å². The monoisotopic (exact) mass is 246 g/mol. The Kier molecular flexibility index (Phi) is 3.40. The first-order chi connectivity index (χ1) is 7.96. The second-order valence-corrected chi connectivity index (χ2v) is 4.19. The van der Waals surface area contributed by atoms with Crippen LogP contribution in [-0.2, 0) is 18.0 Å². The van der Waals surface area contributed by atoms with E-state index in [9.17, 15) is 18.3 Å². The van der Waals surface area contributed by atoms with E-state index in [1.54, 1.807) is 18.2 Å². The standard InChI is InChI=1S/C12H13F3O2/c13-12(14,15)4-3-11(16)8-1-2-9-6-17-7-10(9)5-8/h1-2,5,11,16H,3-4,6-7H2. The molecular formula is C12H13F3O2. The highest BCUT2D eigenvalue weighted by Gasteiger charge is 2.28. The van der Waals surface area contributed by atoms with Gasteiger partial charge in [-0.2, -0.15) is 13.2 Å². The van der Waals surface area contributed by atoms with Crippen molar-refractivity contribution < 1.29 is 23.0 Å². The number of hydrogen-bond donors (Lipinski definition) is 1. The molecule has 0 radical (unpaired) electrons. The molecule has 1 aromatic carbocycles. The molecule has 1 unspecified atom stereocenters. The number of aliphatic hydroxyl groups is 1. The first-order valence-electron chi connectivity index (χ1n) is 5.40. The smallest absolute Gasteiger partial charge is 0.388 e. The molecule has 2 rings (SSSR count). The second-order valence-electron chi connectivity index (χ2n) is 4.19. The number of ether oxygens (including phenoxy) is 1. The van der Waals surface area contributed by atoms with Gasteiger partial charge in [-0.3, -0.25) is 0 Å². The van der Waals surface area contributed by atoms with Crippen LogP contribution in [0.2, 0.25) is 0 Å². The molecule has 1 atom stereocenters. The fourth-order valence-electron chi connectivity index (χ4n) is 1.87. The lowest BCUT2D eigenvalue weighted by atomic mass is 10.00. The van der Waals surface area contributed by atoms with Crippen molar-refractivity contribution in [2.45, 2.75) is 38.3 Å². The maximum atomic E-state index is 12.0. The van der Waals surface area contributed by atoms with Gasteiger partial charge in [-0.25, -0.2) is 0 Å². The summed E-state index contributed by atoms with van der Waals surface area (Å²) < 4.78 is 41.3. The molecule has 1 aromatic rings. The lowest BCUT2D eigenvalue weighted by Crippen LogP contribution is -2.10. The third-order valence-corrected chi connectivity index (χ3v) is 2.83. The van der Waals surface area contributed by atoms with Gasteiger partial charge in [0.05, 0.1) is 19.3 Å². The minimum atomic E-state index is -4.22. The Labute approximate surface area is 97.0 Å². The van der Waals surface area contributed by atoms with Crippen molar-refractivity contribution >= 4 is 0 Å². The summed E-state index contributed by atoms with van der Waals surface area (Å²) in [6.07, 6.45) is -6.56. The Hall–Kier alpha value is -1.07. The van der Waals surface area contributed by atoms with Gasteiger partial charge in [0.1, 0.15) is 0 Å². The van der Waals surface area contributed by atoms with Crippen LogP contribution in [0.25, 0.3) is 0 Å². The molecule has 5 heteroatoms. The molecule has 0 aromatic heterocycles. The Bertz CT molecular complexity index is 401. The normalized spacial score (nSPS) is 16.9. The summed E-state index contributed by atoms with van der Waals surface area (Å²) in [5, 5.41) is 9.67. The number of rotatable bonds is 3. The van der Waals surface area contributed by atoms with E-state index in [0.29, 0.717) is 18.8 Å². The molecule has 0 bridgehead atoms. The average Bonchev–Trinajstić information content (AvgIpc) is 2.71. The van der Waals surface area contributed by atoms with Gasteiger partial charge in [0.25, 0.3) is 0 Å². The fraction of sp³-hybridized carbons (Fsp3) is 0.500. The minimum absolute atomic E-state index is 0.302. The number of alkyl halides is 3. The van der Waals surface area contributed by atoms with Gasteiger partial charge >= 0.3 is 6.18 Å². The van der Waals surface area contributed by atoms with Crippen molar-refractivity contribution in [1.82, 2.24) is 0 Å². The van der Waals surface area contributed by atoms with E-state index in [-0.39, 0.29) is 6.42 Å². The summed E-state index contributed by atoms with van der Waals surface area (Å²) in [7, 11) is 0. The van der Waals surface area contributed by atoms with Gasteiger partial charge in [0.15, 0.2) is 0 Å². The largest absolute Gasteiger partial charge is 0.389 e. The van der Waals surface area contributed by atoms with Crippen LogP contribution in [0.15, 0.2) is 18.2 Å². The first-order valence-corrected chi connectivity index (χ1v) is 5.40. The molecule has 1 aliphatic rings. The van der Waals surface area contributed by atoms with Crippen molar-refractivity contribution in [3.63, 3.8) is 0 Å². The molecule has 2 nitrogen and oxygen atoms in total. The molecule has 0 saturated heterocycles. The Balaban J connectivity index is 2.02. The van der Waals surface area contributed by atoms with Crippen molar-refractivity contribution in [2.24, 2.45) is 0 Å². The van der Waals surface area contributed by atoms with Gasteiger partial charge in [0.2, 0.25) is 0 Å². The van der Waals surface area contributed by atoms with Crippen molar-refractivity contribution in [1.29, 1.82) is 0 Å². The van der Waals surface area contributed by atoms with Crippen LogP contribution in [-0.4, -0.2) is 11.3 Å². The third kappa shape index (κ3) is 3.20. The van der Waals surface area contributed by atoms with Gasteiger partial charge in [-0.1, -0.05) is 18.2 Å². The van der Waals surface area contributed by atoms with E-state index in [0.717, 1.165) is 11.1 Å². The van der Waals surface area contributed by atoms with Gasteiger partial charge in [0, 0.05) is 6.42 Å². The molecule has 0 saturated carbocycles. The SMILES string of the molecule is OC(CCC(F)(F)F)c1ccc2c(c1)COC2. The molecule has 94 valence electrons. The highest BCUT2D eigenvalue weighted by molar-refractivity contribution is 5.34. The Morgan fingerprint density at radius 1 is 1.24 bits per heavy atom. The van der Waals surface area contributed by atoms with Crippen LogP contribution < -0.4 is 0 Å². The van der Waals surface area contributed by atoms with Crippen molar-refractivity contribution in [3.8, 4) is 0 Å². The summed E-state index contributed by atoms with van der Waals surface area (Å²) in [6, 6.07) is 5.19. The van der Waals surface area contributed by atoms with E-state index in [1.807, 2.05) is 0 Å². The molecule has 1 N–H and O–H groups in total. The molecule has 0 spiro atoms. The van der Waals surface area contributed by atoms with Crippen LogP contribution in [0, 0.1) is 0 Å². The number of hydrogen-bond acceptors (Lipinski definition) is 2.